The third kappa shape index (κ3) is 2.32. The number of benzene rings is 2. The number of carbonyl (C=O) groups excluding carboxylic acids is 1. The molecule has 1 atom stereocenters. The lowest BCUT2D eigenvalue weighted by Crippen LogP contribution is -2.05. The topological polar surface area (TPSA) is 26.3 Å². The summed E-state index contributed by atoms with van der Waals surface area (Å²) >= 11 is 5.93. The van der Waals surface area contributed by atoms with Crippen LogP contribution < -0.4 is 4.74 Å². The van der Waals surface area contributed by atoms with Crippen LogP contribution in [0.25, 0.3) is 0 Å². The fourth-order valence-electron chi connectivity index (χ4n) is 2.60. The van der Waals surface area contributed by atoms with Crippen LogP contribution in [0.15, 0.2) is 36.4 Å². The molecule has 2 aromatic rings. The average Bonchev–Trinajstić information content (AvgIpc) is 2.77. The number of rotatable bonds is 2. The molecule has 2 aromatic carbocycles. The fourth-order valence-corrected chi connectivity index (χ4v) is 2.83. The Balaban J connectivity index is 1.97. The molecule has 0 radical (unpaired) electrons. The Morgan fingerprint density at radius 2 is 2.05 bits per heavy atom. The lowest BCUT2D eigenvalue weighted by molar-refractivity contribution is 0.103. The third-order valence-corrected chi connectivity index (χ3v) is 3.83. The molecule has 1 heterocycles. The maximum Gasteiger partial charge on any atom is 0.193 e. The highest BCUT2D eigenvalue weighted by molar-refractivity contribution is 6.30. The summed E-state index contributed by atoms with van der Waals surface area (Å²) in [5.74, 6) is 0.920. The van der Waals surface area contributed by atoms with Crippen molar-refractivity contribution in [2.45, 2.75) is 26.4 Å². The van der Waals surface area contributed by atoms with Crippen LogP contribution in [0.2, 0.25) is 5.02 Å². The van der Waals surface area contributed by atoms with E-state index in [0.29, 0.717) is 16.1 Å². The maximum absolute atomic E-state index is 12.6. The van der Waals surface area contributed by atoms with Crippen molar-refractivity contribution in [2.24, 2.45) is 0 Å². The van der Waals surface area contributed by atoms with Gasteiger partial charge in [-0.25, -0.2) is 0 Å². The summed E-state index contributed by atoms with van der Waals surface area (Å²) in [5.41, 5.74) is 3.40. The van der Waals surface area contributed by atoms with Crippen LogP contribution in [0.3, 0.4) is 0 Å². The zero-order valence-corrected chi connectivity index (χ0v) is 12.2. The molecule has 1 unspecified atom stereocenters. The molecule has 0 aliphatic carbocycles. The van der Waals surface area contributed by atoms with Crippen LogP contribution in [0.4, 0.5) is 0 Å². The summed E-state index contributed by atoms with van der Waals surface area (Å²) in [5, 5.41) is 0.648. The number of ketones is 1. The molecule has 0 saturated heterocycles. The van der Waals surface area contributed by atoms with E-state index in [9.17, 15) is 4.79 Å². The summed E-state index contributed by atoms with van der Waals surface area (Å²) in [6.07, 6.45) is 1.04. The predicted octanol–water partition coefficient (Wildman–Crippen LogP) is 4.20. The minimum absolute atomic E-state index is 0.0292. The van der Waals surface area contributed by atoms with Crippen molar-refractivity contribution in [3.63, 3.8) is 0 Å². The highest BCUT2D eigenvalue weighted by atomic mass is 35.5. The zero-order chi connectivity index (χ0) is 14.3. The van der Waals surface area contributed by atoms with Crippen molar-refractivity contribution >= 4 is 17.4 Å². The lowest BCUT2D eigenvalue weighted by atomic mass is 9.97. The van der Waals surface area contributed by atoms with E-state index >= 15 is 0 Å². The quantitative estimate of drug-likeness (QED) is 0.773. The molecule has 0 amide bonds. The normalized spacial score (nSPS) is 16.6. The van der Waals surface area contributed by atoms with Crippen LogP contribution in [0.5, 0.6) is 5.75 Å². The number of fused-ring (bicyclic) bond motifs is 1. The van der Waals surface area contributed by atoms with E-state index in [-0.39, 0.29) is 11.9 Å². The van der Waals surface area contributed by atoms with Crippen molar-refractivity contribution in [1.29, 1.82) is 0 Å². The van der Waals surface area contributed by atoms with Crippen molar-refractivity contribution in [3.8, 4) is 5.75 Å². The summed E-state index contributed by atoms with van der Waals surface area (Å²) in [4.78, 5) is 12.6. The summed E-state index contributed by atoms with van der Waals surface area (Å²) in [6.45, 7) is 3.93. The van der Waals surface area contributed by atoms with Crippen molar-refractivity contribution in [1.82, 2.24) is 0 Å². The van der Waals surface area contributed by atoms with Gasteiger partial charge in [-0.05, 0) is 61.4 Å². The highest BCUT2D eigenvalue weighted by Gasteiger charge is 2.21. The van der Waals surface area contributed by atoms with Crippen LogP contribution in [0.1, 0.15) is 34.0 Å². The largest absolute Gasteiger partial charge is 0.490 e. The molecular formula is C17H15ClO2. The molecule has 0 bridgehead atoms. The van der Waals surface area contributed by atoms with Gasteiger partial charge in [0.15, 0.2) is 5.78 Å². The van der Waals surface area contributed by atoms with Gasteiger partial charge in [0.2, 0.25) is 0 Å². The fraction of sp³-hybridized carbons (Fsp3) is 0.235. The Bertz CT molecular complexity index is 691. The molecule has 1 aliphatic rings. The lowest BCUT2D eigenvalue weighted by Gasteiger charge is -2.07. The Labute approximate surface area is 123 Å². The Hall–Kier alpha value is -1.80. The van der Waals surface area contributed by atoms with Crippen LogP contribution in [0, 0.1) is 6.92 Å². The number of hydrogen-bond donors (Lipinski definition) is 0. The van der Waals surface area contributed by atoms with Gasteiger partial charge in [0.25, 0.3) is 0 Å². The van der Waals surface area contributed by atoms with Gasteiger partial charge in [0.05, 0.1) is 0 Å². The second kappa shape index (κ2) is 4.95. The van der Waals surface area contributed by atoms with E-state index in [1.807, 2.05) is 38.1 Å². The molecular weight excluding hydrogens is 272 g/mol. The van der Waals surface area contributed by atoms with E-state index < -0.39 is 0 Å². The first-order valence-electron chi connectivity index (χ1n) is 6.65. The maximum atomic E-state index is 12.6. The molecule has 0 saturated carbocycles. The second-order valence-electron chi connectivity index (χ2n) is 5.24. The molecule has 0 fully saturated rings. The first-order chi connectivity index (χ1) is 9.54. The Morgan fingerprint density at radius 1 is 1.25 bits per heavy atom. The van der Waals surface area contributed by atoms with Gasteiger partial charge in [0.1, 0.15) is 11.9 Å². The highest BCUT2D eigenvalue weighted by Crippen LogP contribution is 2.30. The van der Waals surface area contributed by atoms with Gasteiger partial charge < -0.3 is 4.74 Å². The van der Waals surface area contributed by atoms with E-state index in [4.69, 9.17) is 16.3 Å². The number of hydrogen-bond acceptors (Lipinski definition) is 2. The van der Waals surface area contributed by atoms with Crippen LogP contribution in [-0.2, 0) is 6.42 Å². The summed E-state index contributed by atoms with van der Waals surface area (Å²) in [6, 6.07) is 11.0. The molecule has 3 heteroatoms. The second-order valence-corrected chi connectivity index (χ2v) is 5.68. The molecule has 1 aliphatic heterocycles. The Morgan fingerprint density at radius 3 is 2.80 bits per heavy atom. The van der Waals surface area contributed by atoms with Gasteiger partial charge in [-0.3, -0.25) is 4.79 Å². The van der Waals surface area contributed by atoms with E-state index in [1.54, 1.807) is 12.1 Å². The average molecular weight is 287 g/mol. The standard InChI is InChI=1S/C17H15ClO2/c1-10-7-14(18)4-5-15(10)17(19)12-3-6-16-13(9-12)8-11(2)20-16/h3-7,9,11H,8H2,1-2H3. The molecule has 20 heavy (non-hydrogen) atoms. The first kappa shape index (κ1) is 13.2. The van der Waals surface area contributed by atoms with E-state index in [2.05, 4.69) is 0 Å². The molecule has 102 valence electrons. The van der Waals surface area contributed by atoms with E-state index in [1.165, 1.54) is 0 Å². The van der Waals surface area contributed by atoms with Gasteiger partial charge in [-0.1, -0.05) is 11.6 Å². The number of ether oxygens (including phenoxy) is 1. The van der Waals surface area contributed by atoms with Gasteiger partial charge in [-0.2, -0.15) is 0 Å². The summed E-state index contributed by atoms with van der Waals surface area (Å²) in [7, 11) is 0. The Kier molecular flexibility index (Phi) is 3.27. The number of halogens is 1. The number of carbonyl (C=O) groups is 1. The number of aryl methyl sites for hydroxylation is 1. The molecule has 0 spiro atoms. The molecule has 2 nitrogen and oxygen atoms in total. The third-order valence-electron chi connectivity index (χ3n) is 3.59. The molecule has 0 N–H and O–H groups in total. The first-order valence-corrected chi connectivity index (χ1v) is 7.03. The van der Waals surface area contributed by atoms with Crippen molar-refractivity contribution in [3.05, 3.63) is 63.7 Å². The molecule has 3 rings (SSSR count). The smallest absolute Gasteiger partial charge is 0.193 e. The SMILES string of the molecule is Cc1cc(Cl)ccc1C(=O)c1ccc2c(c1)CC(C)O2. The monoisotopic (exact) mass is 286 g/mol. The minimum atomic E-state index is 0.0292. The minimum Gasteiger partial charge on any atom is -0.490 e. The van der Waals surface area contributed by atoms with Gasteiger partial charge in [-0.15, -0.1) is 0 Å². The molecule has 0 aromatic heterocycles. The summed E-state index contributed by atoms with van der Waals surface area (Å²) < 4.78 is 5.66. The van der Waals surface area contributed by atoms with E-state index in [0.717, 1.165) is 23.3 Å². The van der Waals surface area contributed by atoms with Crippen molar-refractivity contribution < 1.29 is 9.53 Å². The van der Waals surface area contributed by atoms with Crippen LogP contribution >= 0.6 is 11.6 Å². The van der Waals surface area contributed by atoms with Crippen LogP contribution in [-0.4, -0.2) is 11.9 Å². The van der Waals surface area contributed by atoms with Gasteiger partial charge >= 0.3 is 0 Å². The predicted molar refractivity (Wildman–Crippen MR) is 79.9 cm³/mol. The zero-order valence-electron chi connectivity index (χ0n) is 11.4. The van der Waals surface area contributed by atoms with Crippen molar-refractivity contribution in [2.75, 3.05) is 0 Å². The van der Waals surface area contributed by atoms with Gasteiger partial charge in [0, 0.05) is 22.6 Å².